The Hall–Kier alpha value is -1.42. The van der Waals surface area contributed by atoms with Crippen molar-refractivity contribution >= 4 is 23.1 Å². The molecule has 0 atom stereocenters. The molecule has 5 heteroatoms. The molecule has 4 nitrogen and oxygen atoms in total. The lowest BCUT2D eigenvalue weighted by molar-refractivity contribution is 0.318. The van der Waals surface area contributed by atoms with E-state index in [0.29, 0.717) is 10.6 Å². The van der Waals surface area contributed by atoms with Gasteiger partial charge in [-0.2, -0.15) is 0 Å². The van der Waals surface area contributed by atoms with Gasteiger partial charge in [-0.05, 0) is 31.0 Å². The van der Waals surface area contributed by atoms with Gasteiger partial charge in [-0.1, -0.05) is 16.8 Å². The standard InChI is InChI=1S/C11H14ClN3O/c12-8-3-4-10(15-5-1-2-6-15)9(7-8)11(13)14-16/h3-4,7,16H,1-2,5-6H2,(H2,13,14). The minimum Gasteiger partial charge on any atom is -0.409 e. The molecule has 0 saturated carbocycles. The minimum absolute atomic E-state index is 0.101. The summed E-state index contributed by atoms with van der Waals surface area (Å²) in [7, 11) is 0. The SMILES string of the molecule is NC(=NO)c1cc(Cl)ccc1N1CCCC1. The van der Waals surface area contributed by atoms with Gasteiger partial charge in [0, 0.05) is 29.4 Å². The molecule has 0 bridgehead atoms. The monoisotopic (exact) mass is 239 g/mol. The molecule has 1 fully saturated rings. The fraction of sp³-hybridized carbons (Fsp3) is 0.364. The van der Waals surface area contributed by atoms with E-state index in [9.17, 15) is 0 Å². The number of benzene rings is 1. The fourth-order valence-electron chi connectivity index (χ4n) is 2.00. The van der Waals surface area contributed by atoms with Crippen LogP contribution in [0, 0.1) is 0 Å². The summed E-state index contributed by atoms with van der Waals surface area (Å²) in [4.78, 5) is 2.23. The van der Waals surface area contributed by atoms with Crippen molar-refractivity contribution in [3.8, 4) is 0 Å². The summed E-state index contributed by atoms with van der Waals surface area (Å²) >= 11 is 5.91. The molecule has 1 aromatic rings. The van der Waals surface area contributed by atoms with Gasteiger partial charge in [0.2, 0.25) is 0 Å². The molecule has 1 saturated heterocycles. The summed E-state index contributed by atoms with van der Waals surface area (Å²) < 4.78 is 0. The Bertz CT molecular complexity index is 414. The van der Waals surface area contributed by atoms with Gasteiger partial charge < -0.3 is 15.8 Å². The number of anilines is 1. The first-order chi connectivity index (χ1) is 7.72. The topological polar surface area (TPSA) is 61.9 Å². The first-order valence-corrected chi connectivity index (χ1v) is 5.62. The van der Waals surface area contributed by atoms with Crippen LogP contribution in [0.4, 0.5) is 5.69 Å². The van der Waals surface area contributed by atoms with Crippen molar-refractivity contribution in [3.63, 3.8) is 0 Å². The van der Waals surface area contributed by atoms with Gasteiger partial charge in [-0.25, -0.2) is 0 Å². The van der Waals surface area contributed by atoms with Crippen LogP contribution in [0.5, 0.6) is 0 Å². The Morgan fingerprint density at radius 1 is 1.38 bits per heavy atom. The molecule has 0 aromatic heterocycles. The van der Waals surface area contributed by atoms with Crippen LogP contribution in [0.1, 0.15) is 18.4 Å². The van der Waals surface area contributed by atoms with Crippen molar-refractivity contribution in [3.05, 3.63) is 28.8 Å². The van der Waals surface area contributed by atoms with Crippen molar-refractivity contribution in [2.24, 2.45) is 10.9 Å². The van der Waals surface area contributed by atoms with Gasteiger partial charge in [0.05, 0.1) is 0 Å². The molecule has 0 radical (unpaired) electrons. The molecule has 2 rings (SSSR count). The van der Waals surface area contributed by atoms with Crippen LogP contribution < -0.4 is 10.6 Å². The molecule has 0 aliphatic carbocycles. The van der Waals surface area contributed by atoms with E-state index in [1.165, 1.54) is 12.8 Å². The number of hydrogen-bond acceptors (Lipinski definition) is 3. The zero-order valence-electron chi connectivity index (χ0n) is 8.86. The molecule has 86 valence electrons. The van der Waals surface area contributed by atoms with Crippen molar-refractivity contribution in [2.75, 3.05) is 18.0 Å². The average Bonchev–Trinajstić information content (AvgIpc) is 2.81. The van der Waals surface area contributed by atoms with Crippen LogP contribution in [0.25, 0.3) is 0 Å². The third-order valence-corrected chi connectivity index (χ3v) is 3.02. The molecular formula is C11H14ClN3O. The second kappa shape index (κ2) is 4.61. The highest BCUT2D eigenvalue weighted by Gasteiger charge is 2.17. The maximum absolute atomic E-state index is 8.75. The lowest BCUT2D eigenvalue weighted by Gasteiger charge is -2.20. The van der Waals surface area contributed by atoms with E-state index in [4.69, 9.17) is 22.5 Å². The maximum atomic E-state index is 8.75. The number of amidine groups is 1. The molecular weight excluding hydrogens is 226 g/mol. The molecule has 0 amide bonds. The molecule has 1 aliphatic heterocycles. The Morgan fingerprint density at radius 3 is 2.69 bits per heavy atom. The summed E-state index contributed by atoms with van der Waals surface area (Å²) in [6.45, 7) is 2.01. The fourth-order valence-corrected chi connectivity index (χ4v) is 2.17. The lowest BCUT2D eigenvalue weighted by Crippen LogP contribution is -2.23. The molecule has 1 heterocycles. The average molecular weight is 240 g/mol. The highest BCUT2D eigenvalue weighted by atomic mass is 35.5. The molecule has 1 aliphatic rings. The zero-order chi connectivity index (χ0) is 11.5. The van der Waals surface area contributed by atoms with Crippen LogP contribution in [-0.4, -0.2) is 24.1 Å². The predicted molar refractivity (Wildman–Crippen MR) is 65.4 cm³/mol. The van der Waals surface area contributed by atoms with E-state index in [0.717, 1.165) is 18.8 Å². The predicted octanol–water partition coefficient (Wildman–Crippen LogP) is 2.03. The number of hydrogen-bond donors (Lipinski definition) is 2. The Morgan fingerprint density at radius 2 is 2.06 bits per heavy atom. The van der Waals surface area contributed by atoms with Crippen LogP contribution >= 0.6 is 11.6 Å². The zero-order valence-corrected chi connectivity index (χ0v) is 9.61. The summed E-state index contributed by atoms with van der Waals surface area (Å²) in [5.74, 6) is 0.101. The van der Waals surface area contributed by atoms with Crippen LogP contribution in [0.2, 0.25) is 5.02 Å². The third-order valence-electron chi connectivity index (χ3n) is 2.79. The quantitative estimate of drug-likeness (QED) is 0.359. The third kappa shape index (κ3) is 2.07. The number of nitrogens with zero attached hydrogens (tertiary/aromatic N) is 2. The first kappa shape index (κ1) is 11.1. The normalized spacial score (nSPS) is 16.8. The number of halogens is 1. The van der Waals surface area contributed by atoms with Crippen LogP contribution in [-0.2, 0) is 0 Å². The largest absolute Gasteiger partial charge is 0.409 e. The van der Waals surface area contributed by atoms with Crippen molar-refractivity contribution in [2.45, 2.75) is 12.8 Å². The highest BCUT2D eigenvalue weighted by Crippen LogP contribution is 2.27. The second-order valence-electron chi connectivity index (χ2n) is 3.84. The van der Waals surface area contributed by atoms with Crippen molar-refractivity contribution in [1.29, 1.82) is 0 Å². The van der Waals surface area contributed by atoms with E-state index in [-0.39, 0.29) is 5.84 Å². The molecule has 16 heavy (non-hydrogen) atoms. The van der Waals surface area contributed by atoms with Gasteiger partial charge >= 0.3 is 0 Å². The Labute approximate surface area is 99.3 Å². The van der Waals surface area contributed by atoms with Crippen LogP contribution in [0.3, 0.4) is 0 Å². The smallest absolute Gasteiger partial charge is 0.172 e. The Kier molecular flexibility index (Phi) is 3.19. The van der Waals surface area contributed by atoms with E-state index < -0.39 is 0 Å². The van der Waals surface area contributed by atoms with E-state index >= 15 is 0 Å². The summed E-state index contributed by atoms with van der Waals surface area (Å²) in [6, 6.07) is 5.47. The molecule has 0 spiro atoms. The maximum Gasteiger partial charge on any atom is 0.172 e. The van der Waals surface area contributed by atoms with Gasteiger partial charge in [0.25, 0.3) is 0 Å². The molecule has 3 N–H and O–H groups in total. The molecule has 1 aromatic carbocycles. The van der Waals surface area contributed by atoms with E-state index in [1.807, 2.05) is 12.1 Å². The van der Waals surface area contributed by atoms with Crippen LogP contribution in [0.15, 0.2) is 23.4 Å². The summed E-state index contributed by atoms with van der Waals surface area (Å²) in [6.07, 6.45) is 2.36. The first-order valence-electron chi connectivity index (χ1n) is 5.25. The van der Waals surface area contributed by atoms with Gasteiger partial charge in [-0.3, -0.25) is 0 Å². The Balaban J connectivity index is 2.43. The number of rotatable bonds is 2. The van der Waals surface area contributed by atoms with E-state index in [2.05, 4.69) is 10.1 Å². The van der Waals surface area contributed by atoms with E-state index in [1.54, 1.807) is 6.07 Å². The minimum atomic E-state index is 0.101. The molecule has 0 unspecified atom stereocenters. The lowest BCUT2D eigenvalue weighted by atomic mass is 10.1. The van der Waals surface area contributed by atoms with Crippen molar-refractivity contribution in [1.82, 2.24) is 0 Å². The van der Waals surface area contributed by atoms with Crippen molar-refractivity contribution < 1.29 is 5.21 Å². The van der Waals surface area contributed by atoms with Gasteiger partial charge in [0.15, 0.2) is 5.84 Å². The summed E-state index contributed by atoms with van der Waals surface area (Å²) in [5.41, 5.74) is 7.32. The van der Waals surface area contributed by atoms with Gasteiger partial charge in [-0.15, -0.1) is 0 Å². The van der Waals surface area contributed by atoms with Gasteiger partial charge in [0.1, 0.15) is 0 Å². The highest BCUT2D eigenvalue weighted by molar-refractivity contribution is 6.31. The summed E-state index contributed by atoms with van der Waals surface area (Å²) in [5, 5.41) is 12.4. The number of oxime groups is 1. The second-order valence-corrected chi connectivity index (χ2v) is 4.28. The number of nitrogens with two attached hydrogens (primary N) is 1.